The molecule has 2 nitrogen and oxygen atoms in total. The van der Waals surface area contributed by atoms with Crippen LogP contribution < -0.4 is 4.74 Å². The minimum absolute atomic E-state index is 0.815. The zero-order chi connectivity index (χ0) is 12.7. The van der Waals surface area contributed by atoms with Gasteiger partial charge in [-0.1, -0.05) is 35.7 Å². The average Bonchev–Trinajstić information content (AvgIpc) is 2.26. The first-order valence-electron chi connectivity index (χ1n) is 6.19. The van der Waals surface area contributed by atoms with Crippen LogP contribution in [0.3, 0.4) is 0 Å². The molecule has 3 heteroatoms. The van der Waals surface area contributed by atoms with Crippen molar-refractivity contribution in [2.75, 3.05) is 20.7 Å². The number of benzene rings is 1. The number of hydrogen-bond donors (Lipinski definition) is 0. The Hall–Kier alpha value is -0.540. The summed E-state index contributed by atoms with van der Waals surface area (Å²) in [5.74, 6) is 1.01. The molecule has 0 saturated carbocycles. The van der Waals surface area contributed by atoms with Crippen LogP contribution in [0.25, 0.3) is 0 Å². The van der Waals surface area contributed by atoms with Crippen molar-refractivity contribution in [3.05, 3.63) is 28.2 Å². The van der Waals surface area contributed by atoms with E-state index >= 15 is 0 Å². The van der Waals surface area contributed by atoms with Crippen molar-refractivity contribution in [1.29, 1.82) is 0 Å². The quantitative estimate of drug-likeness (QED) is 0.704. The van der Waals surface area contributed by atoms with E-state index in [1.165, 1.54) is 18.4 Å². The minimum Gasteiger partial charge on any atom is -0.493 e. The molecule has 0 aliphatic heterocycles. The van der Waals surface area contributed by atoms with Gasteiger partial charge in [0.2, 0.25) is 0 Å². The predicted molar refractivity (Wildman–Crippen MR) is 76.6 cm³/mol. The third kappa shape index (κ3) is 5.55. The van der Waals surface area contributed by atoms with Crippen molar-refractivity contribution in [2.24, 2.45) is 0 Å². The first kappa shape index (κ1) is 14.5. The Morgan fingerprint density at radius 3 is 2.65 bits per heavy atom. The van der Waals surface area contributed by atoms with E-state index < -0.39 is 0 Å². The maximum Gasteiger partial charge on any atom is 0.123 e. The van der Waals surface area contributed by atoms with Crippen LogP contribution in [0.5, 0.6) is 5.75 Å². The number of nitrogens with zero attached hydrogens (tertiary/aromatic N) is 1. The van der Waals surface area contributed by atoms with E-state index in [2.05, 4.69) is 54.0 Å². The molecule has 0 atom stereocenters. The van der Waals surface area contributed by atoms with Gasteiger partial charge in [0.15, 0.2) is 0 Å². The summed E-state index contributed by atoms with van der Waals surface area (Å²) in [6.07, 6.45) is 3.60. The van der Waals surface area contributed by atoms with Crippen LogP contribution in [-0.2, 0) is 6.54 Å². The first-order chi connectivity index (χ1) is 8.13. The molecule has 1 aromatic carbocycles. The van der Waals surface area contributed by atoms with E-state index in [9.17, 15) is 0 Å². The van der Waals surface area contributed by atoms with E-state index in [1.807, 2.05) is 6.07 Å². The lowest BCUT2D eigenvalue weighted by Crippen LogP contribution is -2.12. The van der Waals surface area contributed by atoms with E-state index in [4.69, 9.17) is 4.74 Å². The number of ether oxygens (including phenoxy) is 1. The van der Waals surface area contributed by atoms with Gasteiger partial charge in [0.25, 0.3) is 0 Å². The monoisotopic (exact) mass is 299 g/mol. The molecule has 0 fully saturated rings. The Morgan fingerprint density at radius 1 is 1.24 bits per heavy atom. The Bertz CT molecular complexity index is 339. The van der Waals surface area contributed by atoms with Gasteiger partial charge in [0.1, 0.15) is 5.75 Å². The van der Waals surface area contributed by atoms with Crippen molar-refractivity contribution < 1.29 is 4.74 Å². The third-order valence-electron chi connectivity index (χ3n) is 2.51. The van der Waals surface area contributed by atoms with Crippen LogP contribution >= 0.6 is 15.9 Å². The molecule has 0 saturated heterocycles. The molecule has 0 aliphatic carbocycles. The maximum absolute atomic E-state index is 5.85. The predicted octanol–water partition coefficient (Wildman–Crippen LogP) is 4.08. The Labute approximate surface area is 113 Å². The fraction of sp³-hybridized carbons (Fsp3) is 0.571. The molecule has 0 unspecified atom stereocenters. The van der Waals surface area contributed by atoms with Crippen molar-refractivity contribution in [3.63, 3.8) is 0 Å². The lowest BCUT2D eigenvalue weighted by atomic mass is 10.2. The highest BCUT2D eigenvalue weighted by atomic mass is 79.9. The largest absolute Gasteiger partial charge is 0.493 e. The molecule has 0 amide bonds. The van der Waals surface area contributed by atoms with Crippen LogP contribution in [0.4, 0.5) is 0 Å². The summed E-state index contributed by atoms with van der Waals surface area (Å²) in [5.41, 5.74) is 1.24. The number of halogens is 1. The summed E-state index contributed by atoms with van der Waals surface area (Å²) in [5, 5.41) is 0. The summed E-state index contributed by atoms with van der Waals surface area (Å²) in [6.45, 7) is 3.93. The summed E-state index contributed by atoms with van der Waals surface area (Å²) in [7, 11) is 4.14. The highest BCUT2D eigenvalue weighted by Gasteiger charge is 2.05. The summed E-state index contributed by atoms with van der Waals surface area (Å²) < 4.78 is 6.95. The zero-order valence-electron chi connectivity index (χ0n) is 11.0. The molecular formula is C14H22BrNO. The lowest BCUT2D eigenvalue weighted by Gasteiger charge is -2.15. The summed E-state index contributed by atoms with van der Waals surface area (Å²) in [6, 6.07) is 6.22. The Morgan fingerprint density at radius 2 is 2.00 bits per heavy atom. The number of unbranched alkanes of at least 4 members (excludes halogenated alkanes) is 2. The standard InChI is InChI=1S/C14H22BrNO/c1-4-5-6-9-17-14-8-7-13(15)10-12(14)11-16(2)3/h7-8,10H,4-6,9,11H2,1-3H3. The molecule has 17 heavy (non-hydrogen) atoms. The Kier molecular flexibility index (Phi) is 6.60. The van der Waals surface area contributed by atoms with Crippen molar-refractivity contribution >= 4 is 15.9 Å². The van der Waals surface area contributed by atoms with Crippen LogP contribution in [0, 0.1) is 0 Å². The van der Waals surface area contributed by atoms with Gasteiger partial charge in [-0.25, -0.2) is 0 Å². The molecule has 0 N–H and O–H groups in total. The zero-order valence-corrected chi connectivity index (χ0v) is 12.6. The normalized spacial score (nSPS) is 10.9. The highest BCUT2D eigenvalue weighted by molar-refractivity contribution is 9.10. The molecule has 0 bridgehead atoms. The number of rotatable bonds is 7. The number of hydrogen-bond acceptors (Lipinski definition) is 2. The minimum atomic E-state index is 0.815. The molecule has 1 aromatic rings. The molecule has 0 spiro atoms. The second kappa shape index (κ2) is 7.72. The summed E-state index contributed by atoms with van der Waals surface area (Å²) >= 11 is 3.51. The van der Waals surface area contributed by atoms with Crippen LogP contribution in [-0.4, -0.2) is 25.6 Å². The van der Waals surface area contributed by atoms with E-state index in [-0.39, 0.29) is 0 Å². The topological polar surface area (TPSA) is 12.5 Å². The molecule has 0 aromatic heterocycles. The molecule has 0 radical (unpaired) electrons. The fourth-order valence-corrected chi connectivity index (χ4v) is 2.10. The fourth-order valence-electron chi connectivity index (χ4n) is 1.69. The van der Waals surface area contributed by atoms with Crippen LogP contribution in [0.15, 0.2) is 22.7 Å². The van der Waals surface area contributed by atoms with Gasteiger partial charge in [-0.15, -0.1) is 0 Å². The highest BCUT2D eigenvalue weighted by Crippen LogP contribution is 2.24. The van der Waals surface area contributed by atoms with Gasteiger partial charge in [0, 0.05) is 16.6 Å². The molecular weight excluding hydrogens is 278 g/mol. The molecule has 96 valence electrons. The van der Waals surface area contributed by atoms with E-state index in [0.717, 1.165) is 29.8 Å². The first-order valence-corrected chi connectivity index (χ1v) is 6.98. The second-order valence-corrected chi connectivity index (χ2v) is 5.46. The second-order valence-electron chi connectivity index (χ2n) is 4.55. The SMILES string of the molecule is CCCCCOc1ccc(Br)cc1CN(C)C. The van der Waals surface area contributed by atoms with Gasteiger partial charge < -0.3 is 9.64 Å². The van der Waals surface area contributed by atoms with Crippen molar-refractivity contribution in [3.8, 4) is 5.75 Å². The average molecular weight is 300 g/mol. The molecule has 0 heterocycles. The van der Waals surface area contributed by atoms with Gasteiger partial charge >= 0.3 is 0 Å². The van der Waals surface area contributed by atoms with E-state index in [1.54, 1.807) is 0 Å². The Balaban J connectivity index is 2.62. The lowest BCUT2D eigenvalue weighted by molar-refractivity contribution is 0.296. The smallest absolute Gasteiger partial charge is 0.123 e. The van der Waals surface area contributed by atoms with Crippen LogP contribution in [0.2, 0.25) is 0 Å². The van der Waals surface area contributed by atoms with E-state index in [0.29, 0.717) is 0 Å². The molecule has 1 rings (SSSR count). The van der Waals surface area contributed by atoms with Crippen molar-refractivity contribution in [1.82, 2.24) is 4.90 Å². The van der Waals surface area contributed by atoms with Gasteiger partial charge in [-0.05, 0) is 38.7 Å². The summed E-state index contributed by atoms with van der Waals surface area (Å²) in [4.78, 5) is 2.15. The van der Waals surface area contributed by atoms with Crippen molar-refractivity contribution in [2.45, 2.75) is 32.7 Å². The maximum atomic E-state index is 5.85. The van der Waals surface area contributed by atoms with Crippen LogP contribution in [0.1, 0.15) is 31.7 Å². The van der Waals surface area contributed by atoms with Gasteiger partial charge in [0.05, 0.1) is 6.61 Å². The molecule has 0 aliphatic rings. The van der Waals surface area contributed by atoms with Gasteiger partial charge in [-0.2, -0.15) is 0 Å². The third-order valence-corrected chi connectivity index (χ3v) is 3.01. The van der Waals surface area contributed by atoms with Gasteiger partial charge in [-0.3, -0.25) is 0 Å².